The SMILES string of the molecule is Cc1cc2ncc(CCCNC(=O)Nc3ccccc3Cl)cn2n1. The molecular formula is C17H18ClN5O. The standard InChI is InChI=1S/C17H18ClN5O/c1-12-9-16-20-10-13(11-23(16)22-12)5-4-8-19-17(24)21-15-7-3-2-6-14(15)18/h2-3,6-7,9-11H,4-5,8H2,1H3,(H2,19,21,24). The third-order valence-electron chi connectivity index (χ3n) is 3.54. The van der Waals surface area contributed by atoms with Gasteiger partial charge in [0.05, 0.1) is 16.4 Å². The number of halogens is 1. The Balaban J connectivity index is 1.46. The summed E-state index contributed by atoms with van der Waals surface area (Å²) in [7, 11) is 0. The molecule has 2 amide bonds. The van der Waals surface area contributed by atoms with Gasteiger partial charge in [0.2, 0.25) is 0 Å². The quantitative estimate of drug-likeness (QED) is 0.697. The first kappa shape index (κ1) is 16.3. The van der Waals surface area contributed by atoms with Gasteiger partial charge in [0.15, 0.2) is 5.65 Å². The van der Waals surface area contributed by atoms with Crippen LogP contribution in [0, 0.1) is 6.92 Å². The molecule has 3 rings (SSSR count). The second-order valence-corrected chi connectivity index (χ2v) is 5.92. The predicted molar refractivity (Wildman–Crippen MR) is 94.5 cm³/mol. The molecule has 0 unspecified atom stereocenters. The van der Waals surface area contributed by atoms with E-state index in [1.807, 2.05) is 37.5 Å². The smallest absolute Gasteiger partial charge is 0.319 e. The summed E-state index contributed by atoms with van der Waals surface area (Å²) in [5.41, 5.74) is 3.46. The Kier molecular flexibility index (Phi) is 4.96. The van der Waals surface area contributed by atoms with E-state index in [9.17, 15) is 4.79 Å². The van der Waals surface area contributed by atoms with E-state index in [0.717, 1.165) is 29.7 Å². The van der Waals surface area contributed by atoms with Crippen molar-refractivity contribution < 1.29 is 4.79 Å². The molecule has 1 aromatic carbocycles. The van der Waals surface area contributed by atoms with Crippen molar-refractivity contribution in [2.24, 2.45) is 0 Å². The van der Waals surface area contributed by atoms with Crippen molar-refractivity contribution >= 4 is 29.0 Å². The number of aromatic nitrogens is 3. The molecule has 0 radical (unpaired) electrons. The fourth-order valence-electron chi connectivity index (χ4n) is 2.39. The molecule has 0 bridgehead atoms. The van der Waals surface area contributed by atoms with Crippen LogP contribution >= 0.6 is 11.6 Å². The van der Waals surface area contributed by atoms with E-state index in [-0.39, 0.29) is 6.03 Å². The normalized spacial score (nSPS) is 10.8. The molecule has 6 nitrogen and oxygen atoms in total. The number of carbonyl (C=O) groups excluding carboxylic acids is 1. The van der Waals surface area contributed by atoms with E-state index >= 15 is 0 Å². The second kappa shape index (κ2) is 7.31. The van der Waals surface area contributed by atoms with Gasteiger partial charge in [-0.15, -0.1) is 0 Å². The largest absolute Gasteiger partial charge is 0.338 e. The van der Waals surface area contributed by atoms with Gasteiger partial charge in [-0.05, 0) is 37.5 Å². The van der Waals surface area contributed by atoms with Crippen LogP contribution in [0.3, 0.4) is 0 Å². The van der Waals surface area contributed by atoms with Crippen LogP contribution in [0.5, 0.6) is 0 Å². The number of carbonyl (C=O) groups is 1. The Morgan fingerprint density at radius 1 is 1.33 bits per heavy atom. The molecule has 2 aromatic heterocycles. The highest BCUT2D eigenvalue weighted by molar-refractivity contribution is 6.33. The summed E-state index contributed by atoms with van der Waals surface area (Å²) in [5, 5.41) is 10.4. The van der Waals surface area contributed by atoms with Crippen LogP contribution < -0.4 is 10.6 Å². The van der Waals surface area contributed by atoms with Crippen molar-refractivity contribution in [3.05, 3.63) is 59.0 Å². The molecule has 0 aliphatic heterocycles. The molecule has 2 N–H and O–H groups in total. The molecule has 0 aliphatic carbocycles. The minimum atomic E-state index is -0.264. The van der Waals surface area contributed by atoms with Gasteiger partial charge in [-0.1, -0.05) is 23.7 Å². The first-order valence-electron chi connectivity index (χ1n) is 7.72. The summed E-state index contributed by atoms with van der Waals surface area (Å²) in [5.74, 6) is 0. The number of benzene rings is 1. The molecule has 0 spiro atoms. The lowest BCUT2D eigenvalue weighted by molar-refractivity contribution is 0.252. The van der Waals surface area contributed by atoms with Crippen molar-refractivity contribution in [1.82, 2.24) is 19.9 Å². The van der Waals surface area contributed by atoms with E-state index in [0.29, 0.717) is 17.3 Å². The Hall–Kier alpha value is -2.60. The summed E-state index contributed by atoms with van der Waals surface area (Å²) >= 11 is 6.00. The van der Waals surface area contributed by atoms with Gasteiger partial charge in [0.25, 0.3) is 0 Å². The molecule has 0 atom stereocenters. The number of urea groups is 1. The average molecular weight is 344 g/mol. The van der Waals surface area contributed by atoms with Gasteiger partial charge in [-0.3, -0.25) is 0 Å². The molecule has 124 valence electrons. The van der Waals surface area contributed by atoms with Gasteiger partial charge in [0.1, 0.15) is 0 Å². The number of para-hydroxylation sites is 1. The zero-order chi connectivity index (χ0) is 16.9. The molecule has 2 heterocycles. The zero-order valence-corrected chi connectivity index (χ0v) is 14.0. The fourth-order valence-corrected chi connectivity index (χ4v) is 2.57. The molecule has 0 saturated heterocycles. The Bertz CT molecular complexity index is 861. The van der Waals surface area contributed by atoms with Crippen LogP contribution in [0.25, 0.3) is 5.65 Å². The number of fused-ring (bicyclic) bond motifs is 1. The van der Waals surface area contributed by atoms with Crippen LogP contribution in [0.1, 0.15) is 17.7 Å². The Morgan fingerprint density at radius 3 is 3.00 bits per heavy atom. The molecule has 7 heteroatoms. The Labute approximate surface area is 144 Å². The van der Waals surface area contributed by atoms with Crippen molar-refractivity contribution in [2.75, 3.05) is 11.9 Å². The summed E-state index contributed by atoms with van der Waals surface area (Å²) in [6.45, 7) is 2.50. The van der Waals surface area contributed by atoms with Crippen molar-refractivity contribution in [1.29, 1.82) is 0 Å². The lowest BCUT2D eigenvalue weighted by atomic mass is 10.2. The summed E-state index contributed by atoms with van der Waals surface area (Å²) < 4.78 is 1.78. The third kappa shape index (κ3) is 4.02. The molecule has 3 aromatic rings. The lowest BCUT2D eigenvalue weighted by Gasteiger charge is -2.08. The maximum absolute atomic E-state index is 11.8. The predicted octanol–water partition coefficient (Wildman–Crippen LogP) is 3.45. The topological polar surface area (TPSA) is 71.3 Å². The highest BCUT2D eigenvalue weighted by Gasteiger charge is 2.05. The molecular weight excluding hydrogens is 326 g/mol. The minimum absolute atomic E-state index is 0.264. The molecule has 24 heavy (non-hydrogen) atoms. The zero-order valence-electron chi connectivity index (χ0n) is 13.3. The number of nitrogens with one attached hydrogen (secondary N) is 2. The van der Waals surface area contributed by atoms with Crippen LogP contribution in [0.15, 0.2) is 42.7 Å². The summed E-state index contributed by atoms with van der Waals surface area (Å²) in [6, 6.07) is 8.80. The van der Waals surface area contributed by atoms with Gasteiger partial charge in [-0.2, -0.15) is 5.10 Å². The number of anilines is 1. The van der Waals surface area contributed by atoms with Crippen molar-refractivity contribution in [3.63, 3.8) is 0 Å². The number of hydrogen-bond acceptors (Lipinski definition) is 3. The Morgan fingerprint density at radius 2 is 2.17 bits per heavy atom. The number of nitrogens with zero attached hydrogens (tertiary/aromatic N) is 3. The summed E-state index contributed by atoms with van der Waals surface area (Å²) in [6.07, 6.45) is 5.44. The van der Waals surface area contributed by atoms with Gasteiger partial charge >= 0.3 is 6.03 Å². The minimum Gasteiger partial charge on any atom is -0.338 e. The number of rotatable bonds is 5. The van der Waals surface area contributed by atoms with Gasteiger partial charge in [0, 0.05) is 25.0 Å². The van der Waals surface area contributed by atoms with Crippen LogP contribution in [0.2, 0.25) is 5.02 Å². The van der Waals surface area contributed by atoms with Crippen molar-refractivity contribution in [3.8, 4) is 0 Å². The first-order valence-corrected chi connectivity index (χ1v) is 8.10. The molecule has 0 saturated carbocycles. The molecule has 0 fully saturated rings. The third-order valence-corrected chi connectivity index (χ3v) is 3.87. The summed E-state index contributed by atoms with van der Waals surface area (Å²) in [4.78, 5) is 16.2. The van der Waals surface area contributed by atoms with E-state index in [1.54, 1.807) is 16.6 Å². The monoisotopic (exact) mass is 343 g/mol. The van der Waals surface area contributed by atoms with E-state index in [2.05, 4.69) is 20.7 Å². The number of hydrogen-bond donors (Lipinski definition) is 2. The van der Waals surface area contributed by atoms with Crippen molar-refractivity contribution in [2.45, 2.75) is 19.8 Å². The van der Waals surface area contributed by atoms with Gasteiger partial charge in [-0.25, -0.2) is 14.3 Å². The number of amides is 2. The lowest BCUT2D eigenvalue weighted by Crippen LogP contribution is -2.29. The second-order valence-electron chi connectivity index (χ2n) is 5.52. The van der Waals surface area contributed by atoms with E-state index in [4.69, 9.17) is 11.6 Å². The first-order chi connectivity index (χ1) is 11.6. The van der Waals surface area contributed by atoms with E-state index < -0.39 is 0 Å². The maximum Gasteiger partial charge on any atom is 0.319 e. The van der Waals surface area contributed by atoms with Crippen LogP contribution in [0.4, 0.5) is 10.5 Å². The number of aryl methyl sites for hydroxylation is 2. The van der Waals surface area contributed by atoms with Crippen LogP contribution in [-0.2, 0) is 6.42 Å². The maximum atomic E-state index is 11.8. The molecule has 0 aliphatic rings. The van der Waals surface area contributed by atoms with Gasteiger partial charge < -0.3 is 10.6 Å². The van der Waals surface area contributed by atoms with E-state index in [1.165, 1.54) is 0 Å². The highest BCUT2D eigenvalue weighted by Crippen LogP contribution is 2.20. The van der Waals surface area contributed by atoms with Crippen LogP contribution in [-0.4, -0.2) is 27.2 Å². The highest BCUT2D eigenvalue weighted by atomic mass is 35.5. The fraction of sp³-hybridized carbons (Fsp3) is 0.235. The average Bonchev–Trinajstić information content (AvgIpc) is 2.93.